The molecule has 0 rings (SSSR count). The summed E-state index contributed by atoms with van der Waals surface area (Å²) in [5.41, 5.74) is 0. The second-order valence-electron chi connectivity index (χ2n) is 1.87. The van der Waals surface area contributed by atoms with Crippen molar-refractivity contribution in [1.82, 2.24) is 0 Å². The molecular formula is C6H11NO3S. The number of allylic oxidation sites excluding steroid dienone is 1. The minimum atomic E-state index is -1.17. The monoisotopic (exact) mass is 177 g/mol. The zero-order valence-electron chi connectivity index (χ0n) is 6.57. The van der Waals surface area contributed by atoms with Gasteiger partial charge in [0, 0.05) is 6.42 Å². The number of rotatable bonds is 4. The first-order valence-electron chi connectivity index (χ1n) is 3.34. The Hall–Kier alpha value is -0.550. The highest BCUT2D eigenvalue weighted by atomic mass is 32.2. The van der Waals surface area contributed by atoms with Gasteiger partial charge in [-0.15, -0.1) is 0 Å². The molecule has 0 aromatic rings. The highest BCUT2D eigenvalue weighted by molar-refractivity contribution is 7.95. The van der Waals surface area contributed by atoms with Gasteiger partial charge in [-0.25, -0.2) is 0 Å². The standard InChI is InChI=1S/C6H11NO3S/c1-3-6(5-7(8)9)11(10)4-2/h5H,3-4H2,1-2H3/b6-5+. The van der Waals surface area contributed by atoms with Crippen LogP contribution in [0.1, 0.15) is 20.3 Å². The largest absolute Gasteiger partial charge is 0.612 e. The summed E-state index contributed by atoms with van der Waals surface area (Å²) >= 11 is -1.17. The molecule has 0 radical (unpaired) electrons. The van der Waals surface area contributed by atoms with E-state index in [1.165, 1.54) is 0 Å². The first kappa shape index (κ1) is 10.4. The van der Waals surface area contributed by atoms with Gasteiger partial charge < -0.3 is 4.55 Å². The van der Waals surface area contributed by atoms with Crippen molar-refractivity contribution in [2.24, 2.45) is 0 Å². The fourth-order valence-corrected chi connectivity index (χ4v) is 1.51. The van der Waals surface area contributed by atoms with E-state index in [-0.39, 0.29) is 0 Å². The average molecular weight is 177 g/mol. The lowest BCUT2D eigenvalue weighted by molar-refractivity contribution is -0.403. The number of nitro groups is 1. The Morgan fingerprint density at radius 3 is 2.45 bits per heavy atom. The van der Waals surface area contributed by atoms with Gasteiger partial charge in [0.25, 0.3) is 6.20 Å². The van der Waals surface area contributed by atoms with E-state index in [0.717, 1.165) is 6.20 Å². The normalized spacial score (nSPS) is 14.6. The molecule has 0 fully saturated rings. The van der Waals surface area contributed by atoms with Crippen LogP contribution in [0.15, 0.2) is 11.1 Å². The summed E-state index contributed by atoms with van der Waals surface area (Å²) < 4.78 is 11.0. The molecule has 1 unspecified atom stereocenters. The molecule has 11 heavy (non-hydrogen) atoms. The summed E-state index contributed by atoms with van der Waals surface area (Å²) in [4.78, 5) is 9.82. The molecular weight excluding hydrogens is 166 g/mol. The minimum Gasteiger partial charge on any atom is -0.612 e. The quantitative estimate of drug-likeness (QED) is 0.369. The van der Waals surface area contributed by atoms with Gasteiger partial charge in [0.2, 0.25) is 0 Å². The molecule has 0 aromatic carbocycles. The summed E-state index contributed by atoms with van der Waals surface area (Å²) in [6.07, 6.45) is 1.31. The van der Waals surface area contributed by atoms with Crippen LogP contribution in [0.25, 0.3) is 0 Å². The number of hydrogen-bond acceptors (Lipinski definition) is 3. The van der Waals surface area contributed by atoms with Crippen LogP contribution in [-0.2, 0) is 11.2 Å². The highest BCUT2D eigenvalue weighted by Gasteiger charge is 2.13. The fraction of sp³-hybridized carbons (Fsp3) is 0.667. The first-order chi connectivity index (χ1) is 5.11. The summed E-state index contributed by atoms with van der Waals surface area (Å²) in [5, 5.41) is 9.98. The van der Waals surface area contributed by atoms with Gasteiger partial charge in [-0.3, -0.25) is 10.1 Å². The van der Waals surface area contributed by atoms with Crippen molar-refractivity contribution in [2.75, 3.05) is 5.75 Å². The van der Waals surface area contributed by atoms with Crippen LogP contribution >= 0.6 is 0 Å². The summed E-state index contributed by atoms with van der Waals surface area (Å²) in [7, 11) is 0. The van der Waals surface area contributed by atoms with Gasteiger partial charge in [-0.1, -0.05) is 6.92 Å². The molecule has 5 heteroatoms. The van der Waals surface area contributed by atoms with Crippen molar-refractivity contribution < 1.29 is 9.48 Å². The molecule has 0 saturated carbocycles. The molecule has 64 valence electrons. The van der Waals surface area contributed by atoms with Crippen LogP contribution in [0.3, 0.4) is 0 Å². The minimum absolute atomic E-state index is 0.400. The predicted molar refractivity (Wildman–Crippen MR) is 44.1 cm³/mol. The van der Waals surface area contributed by atoms with Gasteiger partial charge in [0.15, 0.2) is 4.91 Å². The molecule has 0 aliphatic heterocycles. The Labute approximate surface area is 68.6 Å². The van der Waals surface area contributed by atoms with E-state index >= 15 is 0 Å². The Kier molecular flexibility index (Phi) is 4.89. The van der Waals surface area contributed by atoms with E-state index in [4.69, 9.17) is 0 Å². The number of nitrogens with zero attached hydrogens (tertiary/aromatic N) is 1. The van der Waals surface area contributed by atoms with Crippen LogP contribution in [-0.4, -0.2) is 15.2 Å². The Morgan fingerprint density at radius 2 is 2.18 bits per heavy atom. The van der Waals surface area contributed by atoms with E-state index in [9.17, 15) is 14.7 Å². The van der Waals surface area contributed by atoms with Crippen LogP contribution < -0.4 is 0 Å². The topological polar surface area (TPSA) is 66.2 Å². The lowest BCUT2D eigenvalue weighted by atomic mass is 10.5. The maximum atomic E-state index is 11.0. The van der Waals surface area contributed by atoms with Gasteiger partial charge in [0.1, 0.15) is 5.75 Å². The predicted octanol–water partition coefficient (Wildman–Crippen LogP) is 1.28. The van der Waals surface area contributed by atoms with E-state index in [1.807, 2.05) is 0 Å². The van der Waals surface area contributed by atoms with Gasteiger partial charge in [0.05, 0.1) is 4.92 Å². The van der Waals surface area contributed by atoms with Gasteiger partial charge >= 0.3 is 0 Å². The first-order valence-corrected chi connectivity index (χ1v) is 4.66. The zero-order chi connectivity index (χ0) is 8.85. The Bertz CT molecular complexity index is 169. The van der Waals surface area contributed by atoms with Crippen molar-refractivity contribution in [1.29, 1.82) is 0 Å². The second-order valence-corrected chi connectivity index (χ2v) is 3.66. The van der Waals surface area contributed by atoms with E-state index < -0.39 is 16.1 Å². The summed E-state index contributed by atoms with van der Waals surface area (Å²) in [5.74, 6) is 0.438. The molecule has 0 saturated heterocycles. The smallest absolute Gasteiger partial charge is 0.284 e. The lowest BCUT2D eigenvalue weighted by Crippen LogP contribution is -2.07. The Balaban J connectivity index is 4.26. The molecule has 0 spiro atoms. The third-order valence-electron chi connectivity index (χ3n) is 1.15. The molecule has 0 bridgehead atoms. The van der Waals surface area contributed by atoms with Crippen molar-refractivity contribution in [2.45, 2.75) is 20.3 Å². The van der Waals surface area contributed by atoms with Crippen LogP contribution in [0.2, 0.25) is 0 Å². The maximum absolute atomic E-state index is 11.0. The van der Waals surface area contributed by atoms with E-state index in [2.05, 4.69) is 0 Å². The fourth-order valence-electron chi connectivity index (χ4n) is 0.614. The summed E-state index contributed by atoms with van der Waals surface area (Å²) in [6, 6.07) is 0. The van der Waals surface area contributed by atoms with Crippen LogP contribution in [0.5, 0.6) is 0 Å². The average Bonchev–Trinajstić information content (AvgIpc) is 1.98. The molecule has 0 heterocycles. The van der Waals surface area contributed by atoms with Gasteiger partial charge in [-0.2, -0.15) is 0 Å². The van der Waals surface area contributed by atoms with Crippen LogP contribution in [0, 0.1) is 10.1 Å². The molecule has 4 nitrogen and oxygen atoms in total. The van der Waals surface area contributed by atoms with Gasteiger partial charge in [-0.05, 0) is 18.1 Å². The Morgan fingerprint density at radius 1 is 1.64 bits per heavy atom. The van der Waals surface area contributed by atoms with E-state index in [0.29, 0.717) is 17.1 Å². The second kappa shape index (κ2) is 5.15. The third-order valence-corrected chi connectivity index (χ3v) is 2.66. The SMILES string of the molecule is CC/C(=C\[N+](=O)[O-])[S+]([O-])CC. The third kappa shape index (κ3) is 4.00. The zero-order valence-corrected chi connectivity index (χ0v) is 7.39. The molecule has 0 aromatic heterocycles. The molecule has 0 aliphatic rings. The van der Waals surface area contributed by atoms with Crippen LogP contribution in [0.4, 0.5) is 0 Å². The summed E-state index contributed by atoms with van der Waals surface area (Å²) in [6.45, 7) is 3.49. The molecule has 0 aliphatic carbocycles. The lowest BCUT2D eigenvalue weighted by Gasteiger charge is -2.06. The molecule has 0 amide bonds. The highest BCUT2D eigenvalue weighted by Crippen LogP contribution is 2.10. The van der Waals surface area contributed by atoms with E-state index in [1.54, 1.807) is 13.8 Å². The number of hydrogen-bond donors (Lipinski definition) is 0. The maximum Gasteiger partial charge on any atom is 0.284 e. The van der Waals surface area contributed by atoms with Crippen molar-refractivity contribution in [3.63, 3.8) is 0 Å². The van der Waals surface area contributed by atoms with Crippen molar-refractivity contribution in [3.05, 3.63) is 21.2 Å². The van der Waals surface area contributed by atoms with Crippen molar-refractivity contribution in [3.8, 4) is 0 Å². The molecule has 1 atom stereocenters. The molecule has 0 N–H and O–H groups in total. The van der Waals surface area contributed by atoms with Crippen molar-refractivity contribution >= 4 is 11.2 Å².